The lowest BCUT2D eigenvalue weighted by Crippen LogP contribution is -2.33. The summed E-state index contributed by atoms with van der Waals surface area (Å²) in [6, 6.07) is 0. The fraction of sp³-hybridized carbons (Fsp3) is 0.923. The third-order valence-corrected chi connectivity index (χ3v) is 3.79. The van der Waals surface area contributed by atoms with Crippen molar-refractivity contribution in [2.75, 3.05) is 0 Å². The Kier molecular flexibility index (Phi) is 4.63. The Labute approximate surface area is 96.4 Å². The van der Waals surface area contributed by atoms with Gasteiger partial charge in [-0.1, -0.05) is 54.3 Å². The van der Waals surface area contributed by atoms with Crippen LogP contribution in [0.5, 0.6) is 0 Å². The third-order valence-electron chi connectivity index (χ3n) is 3.79. The van der Waals surface area contributed by atoms with Gasteiger partial charge in [0.1, 0.15) is 13.6 Å². The van der Waals surface area contributed by atoms with Crippen molar-refractivity contribution in [2.24, 2.45) is 16.7 Å². The van der Waals surface area contributed by atoms with E-state index in [4.69, 9.17) is 0 Å². The van der Waals surface area contributed by atoms with Gasteiger partial charge < -0.3 is 0 Å². The van der Waals surface area contributed by atoms with Crippen LogP contribution in [-0.2, 0) is 4.79 Å². The molecule has 2 unspecified atom stereocenters. The second kappa shape index (κ2) is 4.72. The van der Waals surface area contributed by atoms with Crippen molar-refractivity contribution >= 4 is 13.6 Å². The Hall–Kier alpha value is -0.265. The zero-order chi connectivity index (χ0) is 12.4. The molecule has 0 heterocycles. The molecule has 1 nitrogen and oxygen atoms in total. The number of carbonyl (C=O) groups is 1. The molecule has 0 saturated carbocycles. The largest absolute Gasteiger partial charge is 0.299 e. The van der Waals surface area contributed by atoms with E-state index in [0.717, 1.165) is 0 Å². The minimum Gasteiger partial charge on any atom is -0.299 e. The average Bonchev–Trinajstić information content (AvgIpc) is 1.99. The van der Waals surface area contributed by atoms with Gasteiger partial charge in [0.25, 0.3) is 0 Å². The van der Waals surface area contributed by atoms with Crippen LogP contribution in [0.25, 0.3) is 0 Å². The van der Waals surface area contributed by atoms with Crippen LogP contribution >= 0.6 is 0 Å². The van der Waals surface area contributed by atoms with Crippen molar-refractivity contribution in [2.45, 2.75) is 60.7 Å². The fourth-order valence-corrected chi connectivity index (χ4v) is 1.59. The number of hydrogen-bond donors (Lipinski definition) is 0. The summed E-state index contributed by atoms with van der Waals surface area (Å²) in [5, 5.41) is 0. The summed E-state index contributed by atoms with van der Waals surface area (Å²) in [7, 11) is 2.20. The Morgan fingerprint density at radius 1 is 1.13 bits per heavy atom. The molecule has 2 heteroatoms. The van der Waals surface area contributed by atoms with Crippen LogP contribution in [0.15, 0.2) is 0 Å². The molecule has 0 rings (SSSR count). The van der Waals surface area contributed by atoms with E-state index in [1.165, 1.54) is 0 Å². The third kappa shape index (κ3) is 4.40. The van der Waals surface area contributed by atoms with Crippen molar-refractivity contribution < 1.29 is 4.79 Å². The van der Waals surface area contributed by atoms with Crippen LogP contribution in [0.4, 0.5) is 0 Å². The predicted octanol–water partition coefficient (Wildman–Crippen LogP) is 3.10. The van der Waals surface area contributed by atoms with E-state index in [1.807, 2.05) is 0 Å². The molecule has 0 aromatic heterocycles. The van der Waals surface area contributed by atoms with Gasteiger partial charge in [-0.05, 0) is 10.8 Å². The summed E-state index contributed by atoms with van der Waals surface area (Å²) in [6.45, 7) is 15.0. The molecule has 0 aliphatic rings. The molecule has 0 fully saturated rings. The van der Waals surface area contributed by atoms with E-state index in [9.17, 15) is 4.79 Å². The van der Waals surface area contributed by atoms with Crippen molar-refractivity contribution in [3.05, 3.63) is 0 Å². The molecular formula is C13H27BO. The maximum atomic E-state index is 12.1. The molecule has 15 heavy (non-hydrogen) atoms. The highest BCUT2D eigenvalue weighted by molar-refractivity contribution is 6.12. The molecule has 0 aliphatic heterocycles. The van der Waals surface area contributed by atoms with Crippen molar-refractivity contribution in [3.8, 4) is 0 Å². The zero-order valence-corrected chi connectivity index (χ0v) is 11.8. The second-order valence-corrected chi connectivity index (χ2v) is 6.90. The van der Waals surface area contributed by atoms with Crippen molar-refractivity contribution in [3.63, 3.8) is 0 Å². The first-order valence-corrected chi connectivity index (χ1v) is 6.01. The summed E-state index contributed by atoms with van der Waals surface area (Å²) in [5.41, 5.74) is 0.209. The Morgan fingerprint density at radius 3 is 1.80 bits per heavy atom. The first-order chi connectivity index (χ1) is 6.48. The molecule has 2 atom stereocenters. The fourth-order valence-electron chi connectivity index (χ4n) is 1.59. The van der Waals surface area contributed by atoms with Gasteiger partial charge >= 0.3 is 0 Å². The highest BCUT2D eigenvalue weighted by Crippen LogP contribution is 2.39. The van der Waals surface area contributed by atoms with Gasteiger partial charge in [0, 0.05) is 12.3 Å². The van der Waals surface area contributed by atoms with E-state index < -0.39 is 0 Å². The summed E-state index contributed by atoms with van der Waals surface area (Å²) in [6.07, 6.45) is 0.685. The molecule has 0 amide bonds. The molecule has 0 spiro atoms. The Balaban J connectivity index is 4.59. The minimum atomic E-state index is 0.0995. The molecule has 0 bridgehead atoms. The second-order valence-electron chi connectivity index (χ2n) is 6.90. The van der Waals surface area contributed by atoms with Crippen LogP contribution in [0, 0.1) is 16.7 Å². The highest BCUT2D eigenvalue weighted by Gasteiger charge is 2.34. The number of hydrogen-bond acceptors (Lipinski definition) is 1. The number of carbonyl (C=O) groups excluding carboxylic acids is 1. The molecule has 0 aromatic rings. The SMILES string of the molecule is BC(C)C(C)(C)C(C)C(=O)CC(C)(C)C. The van der Waals surface area contributed by atoms with Crippen LogP contribution in [-0.4, -0.2) is 13.6 Å². The molecule has 0 N–H and O–H groups in total. The van der Waals surface area contributed by atoms with Gasteiger partial charge in [-0.3, -0.25) is 4.79 Å². The molecule has 88 valence electrons. The summed E-state index contributed by atoms with van der Waals surface area (Å²) in [4.78, 5) is 12.1. The standard InChI is InChI=1S/C13H27BO/c1-9(13(6,7)10(2)14)11(15)8-12(3,4)5/h9-10H,8,14H2,1-7H3. The molecule has 0 aromatic carbocycles. The molecule has 0 aliphatic carbocycles. The quantitative estimate of drug-likeness (QED) is 0.651. The van der Waals surface area contributed by atoms with E-state index in [-0.39, 0.29) is 16.7 Å². The number of Topliss-reactive ketones (excluding diaryl/α,β-unsaturated/α-hetero) is 1. The Bertz CT molecular complexity index is 223. The lowest BCUT2D eigenvalue weighted by Gasteiger charge is -2.36. The van der Waals surface area contributed by atoms with Gasteiger partial charge in [0.05, 0.1) is 0 Å². The first-order valence-electron chi connectivity index (χ1n) is 6.01. The van der Waals surface area contributed by atoms with Crippen LogP contribution in [0.3, 0.4) is 0 Å². The predicted molar refractivity (Wildman–Crippen MR) is 70.0 cm³/mol. The minimum absolute atomic E-state index is 0.0995. The summed E-state index contributed by atoms with van der Waals surface area (Å²) >= 11 is 0. The Morgan fingerprint density at radius 2 is 1.53 bits per heavy atom. The topological polar surface area (TPSA) is 17.1 Å². The molecule has 0 saturated heterocycles. The maximum absolute atomic E-state index is 12.1. The van der Waals surface area contributed by atoms with Gasteiger partial charge in [0.2, 0.25) is 0 Å². The normalized spacial score (nSPS) is 17.3. The lowest BCUT2D eigenvalue weighted by molar-refractivity contribution is -0.127. The van der Waals surface area contributed by atoms with E-state index >= 15 is 0 Å². The lowest BCUT2D eigenvalue weighted by atomic mass is 9.61. The smallest absolute Gasteiger partial charge is 0.136 e. The molecular weight excluding hydrogens is 183 g/mol. The zero-order valence-electron chi connectivity index (χ0n) is 11.8. The van der Waals surface area contributed by atoms with Gasteiger partial charge in [-0.25, -0.2) is 0 Å². The first kappa shape index (κ1) is 14.7. The number of rotatable bonds is 4. The van der Waals surface area contributed by atoms with Crippen molar-refractivity contribution in [1.29, 1.82) is 0 Å². The van der Waals surface area contributed by atoms with E-state index in [2.05, 4.69) is 56.3 Å². The van der Waals surface area contributed by atoms with Gasteiger partial charge in [0.15, 0.2) is 0 Å². The van der Waals surface area contributed by atoms with Gasteiger partial charge in [-0.15, -0.1) is 0 Å². The average molecular weight is 210 g/mol. The summed E-state index contributed by atoms with van der Waals surface area (Å²) in [5.74, 6) is 1.09. The maximum Gasteiger partial charge on any atom is 0.136 e. The van der Waals surface area contributed by atoms with Crippen molar-refractivity contribution in [1.82, 2.24) is 0 Å². The van der Waals surface area contributed by atoms with Gasteiger partial charge in [-0.2, -0.15) is 0 Å². The van der Waals surface area contributed by atoms with Crippen LogP contribution in [0.1, 0.15) is 54.9 Å². The van der Waals surface area contributed by atoms with E-state index in [1.54, 1.807) is 0 Å². The monoisotopic (exact) mass is 210 g/mol. The van der Waals surface area contributed by atoms with Crippen LogP contribution in [0.2, 0.25) is 5.82 Å². The number of ketones is 1. The van der Waals surface area contributed by atoms with Crippen LogP contribution < -0.4 is 0 Å². The highest BCUT2D eigenvalue weighted by atomic mass is 16.1. The summed E-state index contributed by atoms with van der Waals surface area (Å²) < 4.78 is 0. The van der Waals surface area contributed by atoms with E-state index in [0.29, 0.717) is 18.0 Å². The molecule has 0 radical (unpaired) electrons.